The maximum atomic E-state index is 6.08. The fourth-order valence-corrected chi connectivity index (χ4v) is 3.39. The second kappa shape index (κ2) is 7.47. The lowest BCUT2D eigenvalue weighted by Crippen LogP contribution is -2.41. The molecule has 3 aromatic rings. The van der Waals surface area contributed by atoms with Gasteiger partial charge in [-0.15, -0.1) is 0 Å². The summed E-state index contributed by atoms with van der Waals surface area (Å²) in [6.07, 6.45) is 3.66. The monoisotopic (exact) mass is 355 g/mol. The molecular weight excluding hydrogens is 330 g/mol. The van der Waals surface area contributed by atoms with E-state index < -0.39 is 0 Å². The zero-order chi connectivity index (χ0) is 17.9. The van der Waals surface area contributed by atoms with Gasteiger partial charge in [-0.3, -0.25) is 9.36 Å². The maximum absolute atomic E-state index is 6.08. The maximum Gasteiger partial charge on any atom is 0.157 e. The Labute approximate surface area is 152 Å². The number of rotatable bonds is 7. The molecule has 2 aromatic heterocycles. The highest BCUT2D eigenvalue weighted by Gasteiger charge is 2.30. The highest BCUT2D eigenvalue weighted by atomic mass is 16.5. The van der Waals surface area contributed by atoms with Gasteiger partial charge in [0.2, 0.25) is 0 Å². The lowest BCUT2D eigenvalue weighted by Gasteiger charge is -2.19. The number of aryl methyl sites for hydroxylation is 2. The summed E-state index contributed by atoms with van der Waals surface area (Å²) in [4.78, 5) is 0. The van der Waals surface area contributed by atoms with Crippen molar-refractivity contribution >= 4 is 10.9 Å². The molecule has 138 valence electrons. The van der Waals surface area contributed by atoms with Gasteiger partial charge in [0.05, 0.1) is 42.9 Å². The van der Waals surface area contributed by atoms with Gasteiger partial charge in [-0.25, -0.2) is 0 Å². The number of hydrogen-bond donors (Lipinski definition) is 1. The highest BCUT2D eigenvalue weighted by molar-refractivity contribution is 5.81. The fraction of sp³-hybridized carbons (Fsp3) is 0.474. The molecule has 4 rings (SSSR count). The van der Waals surface area contributed by atoms with E-state index in [9.17, 15) is 0 Å². The number of benzene rings is 1. The van der Waals surface area contributed by atoms with Crippen molar-refractivity contribution in [3.63, 3.8) is 0 Å². The van der Waals surface area contributed by atoms with E-state index in [1.807, 2.05) is 15.6 Å². The lowest BCUT2D eigenvalue weighted by molar-refractivity contribution is 0.139. The summed E-state index contributed by atoms with van der Waals surface area (Å²) in [5, 5.41) is 13.8. The van der Waals surface area contributed by atoms with E-state index in [-0.39, 0.29) is 12.1 Å². The number of aromatic nitrogens is 4. The lowest BCUT2D eigenvalue weighted by atomic mass is 10.1. The van der Waals surface area contributed by atoms with E-state index in [1.165, 1.54) is 10.9 Å². The quantitative estimate of drug-likeness (QED) is 0.704. The third-order valence-corrected chi connectivity index (χ3v) is 4.82. The fourth-order valence-electron chi connectivity index (χ4n) is 3.39. The predicted molar refractivity (Wildman–Crippen MR) is 99.2 cm³/mol. The summed E-state index contributed by atoms with van der Waals surface area (Å²) in [5.41, 5.74) is 2.24. The molecule has 1 N–H and O–H groups in total. The van der Waals surface area contributed by atoms with E-state index in [0.717, 1.165) is 24.5 Å². The minimum absolute atomic E-state index is 0.0240. The van der Waals surface area contributed by atoms with E-state index in [2.05, 4.69) is 48.5 Å². The Morgan fingerprint density at radius 3 is 2.92 bits per heavy atom. The molecule has 0 bridgehead atoms. The Morgan fingerprint density at radius 1 is 1.23 bits per heavy atom. The molecule has 7 heteroatoms. The Balaban J connectivity index is 1.43. The van der Waals surface area contributed by atoms with Crippen molar-refractivity contribution in [2.45, 2.75) is 45.6 Å². The van der Waals surface area contributed by atoms with E-state index in [4.69, 9.17) is 14.6 Å². The van der Waals surface area contributed by atoms with Crippen molar-refractivity contribution in [3.05, 3.63) is 42.4 Å². The molecule has 1 saturated heterocycles. The zero-order valence-electron chi connectivity index (χ0n) is 15.3. The molecule has 0 amide bonds. The molecule has 3 heterocycles. The number of nitrogens with one attached hydrogen (secondary N) is 1. The van der Waals surface area contributed by atoms with Crippen LogP contribution in [0.3, 0.4) is 0 Å². The molecule has 0 spiro atoms. The molecular formula is C19H25N5O2. The SMILES string of the molecule is CCn1cc(O[C@@H]2COC[C@@H]2NCc2nn(CC)c3ccccc23)cn1. The number of fused-ring (bicyclic) bond motifs is 1. The molecule has 1 aromatic carbocycles. The molecule has 0 aliphatic carbocycles. The van der Waals surface area contributed by atoms with Gasteiger partial charge in [0.25, 0.3) is 0 Å². The van der Waals surface area contributed by atoms with Gasteiger partial charge in [-0.05, 0) is 19.9 Å². The summed E-state index contributed by atoms with van der Waals surface area (Å²) in [6.45, 7) is 7.77. The van der Waals surface area contributed by atoms with Crippen molar-refractivity contribution in [1.82, 2.24) is 24.9 Å². The van der Waals surface area contributed by atoms with Crippen LogP contribution in [0.2, 0.25) is 0 Å². The van der Waals surface area contributed by atoms with Crippen molar-refractivity contribution < 1.29 is 9.47 Å². The van der Waals surface area contributed by atoms with Crippen molar-refractivity contribution in [2.24, 2.45) is 0 Å². The molecule has 0 saturated carbocycles. The van der Waals surface area contributed by atoms with Crippen LogP contribution in [0.15, 0.2) is 36.7 Å². The summed E-state index contributed by atoms with van der Waals surface area (Å²) >= 11 is 0. The van der Waals surface area contributed by atoms with Gasteiger partial charge in [0.1, 0.15) is 6.10 Å². The number of para-hydroxylation sites is 1. The van der Waals surface area contributed by atoms with E-state index >= 15 is 0 Å². The molecule has 7 nitrogen and oxygen atoms in total. The Bertz CT molecular complexity index is 872. The number of hydrogen-bond acceptors (Lipinski definition) is 5. The number of nitrogens with zero attached hydrogens (tertiary/aromatic N) is 4. The van der Waals surface area contributed by atoms with Gasteiger partial charge in [-0.1, -0.05) is 18.2 Å². The van der Waals surface area contributed by atoms with Crippen LogP contribution in [-0.2, 0) is 24.4 Å². The topological polar surface area (TPSA) is 66.1 Å². The van der Waals surface area contributed by atoms with Crippen LogP contribution in [0.5, 0.6) is 5.75 Å². The first-order valence-corrected chi connectivity index (χ1v) is 9.23. The molecule has 1 aliphatic rings. The third-order valence-electron chi connectivity index (χ3n) is 4.82. The van der Waals surface area contributed by atoms with Crippen molar-refractivity contribution in [2.75, 3.05) is 13.2 Å². The smallest absolute Gasteiger partial charge is 0.157 e. The zero-order valence-corrected chi connectivity index (χ0v) is 15.3. The average Bonchev–Trinajstić information content (AvgIpc) is 3.39. The van der Waals surface area contributed by atoms with Gasteiger partial charge in [0, 0.05) is 25.0 Å². The predicted octanol–water partition coefficient (Wildman–Crippen LogP) is 2.21. The molecule has 26 heavy (non-hydrogen) atoms. The van der Waals surface area contributed by atoms with Crippen LogP contribution in [0.25, 0.3) is 10.9 Å². The number of ether oxygens (including phenoxy) is 2. The average molecular weight is 355 g/mol. The van der Waals surface area contributed by atoms with Crippen LogP contribution in [-0.4, -0.2) is 44.9 Å². The van der Waals surface area contributed by atoms with Crippen LogP contribution >= 0.6 is 0 Å². The second-order valence-electron chi connectivity index (χ2n) is 6.49. The van der Waals surface area contributed by atoms with E-state index in [0.29, 0.717) is 19.8 Å². The molecule has 2 atom stereocenters. The van der Waals surface area contributed by atoms with Crippen LogP contribution < -0.4 is 10.1 Å². The van der Waals surface area contributed by atoms with Crippen LogP contribution in [0.1, 0.15) is 19.5 Å². The Hall–Kier alpha value is -2.38. The second-order valence-corrected chi connectivity index (χ2v) is 6.49. The van der Waals surface area contributed by atoms with Crippen molar-refractivity contribution in [3.8, 4) is 5.75 Å². The first-order valence-electron chi connectivity index (χ1n) is 9.23. The van der Waals surface area contributed by atoms with Gasteiger partial charge >= 0.3 is 0 Å². The molecule has 0 radical (unpaired) electrons. The van der Waals surface area contributed by atoms with Crippen LogP contribution in [0.4, 0.5) is 0 Å². The summed E-state index contributed by atoms with van der Waals surface area (Å²) in [5.74, 6) is 0.787. The van der Waals surface area contributed by atoms with Gasteiger partial charge in [0.15, 0.2) is 5.75 Å². The Kier molecular flexibility index (Phi) is 4.90. The standard InChI is InChI=1S/C19H25N5O2/c1-3-23-11-14(9-21-23)26-19-13-25-12-17(19)20-10-16-15-7-5-6-8-18(15)24(4-2)22-16/h5-9,11,17,19-20H,3-4,10,12-13H2,1-2H3/t17-,19+/m0/s1. The Morgan fingerprint density at radius 2 is 2.12 bits per heavy atom. The minimum Gasteiger partial charge on any atom is -0.483 e. The largest absolute Gasteiger partial charge is 0.483 e. The molecule has 0 unspecified atom stereocenters. The first-order chi connectivity index (χ1) is 12.8. The molecule has 1 fully saturated rings. The third kappa shape index (κ3) is 3.32. The van der Waals surface area contributed by atoms with Crippen molar-refractivity contribution in [1.29, 1.82) is 0 Å². The highest BCUT2D eigenvalue weighted by Crippen LogP contribution is 2.20. The normalized spacial score (nSPS) is 20.1. The molecule has 1 aliphatic heterocycles. The van der Waals surface area contributed by atoms with Gasteiger partial charge in [-0.2, -0.15) is 10.2 Å². The van der Waals surface area contributed by atoms with Crippen LogP contribution in [0, 0.1) is 0 Å². The van der Waals surface area contributed by atoms with E-state index in [1.54, 1.807) is 6.20 Å². The minimum atomic E-state index is -0.0240. The van der Waals surface area contributed by atoms with Gasteiger partial charge < -0.3 is 14.8 Å². The summed E-state index contributed by atoms with van der Waals surface area (Å²) in [7, 11) is 0. The first kappa shape index (κ1) is 17.1. The summed E-state index contributed by atoms with van der Waals surface area (Å²) < 4.78 is 15.6. The summed E-state index contributed by atoms with van der Waals surface area (Å²) in [6, 6.07) is 8.49.